The third kappa shape index (κ3) is 3.03. The Hall–Kier alpha value is -1.64. The lowest BCUT2D eigenvalue weighted by atomic mass is 10.0. The van der Waals surface area contributed by atoms with Gasteiger partial charge in [0.1, 0.15) is 0 Å². The molecule has 0 radical (unpaired) electrons. The zero-order valence-electron chi connectivity index (χ0n) is 11.0. The summed E-state index contributed by atoms with van der Waals surface area (Å²) >= 11 is 0. The van der Waals surface area contributed by atoms with Gasteiger partial charge in [-0.05, 0) is 24.1 Å². The van der Waals surface area contributed by atoms with E-state index in [-0.39, 0.29) is 0 Å². The molecule has 2 atom stereocenters. The summed E-state index contributed by atoms with van der Waals surface area (Å²) in [5.74, 6) is 0. The van der Waals surface area contributed by atoms with Crippen LogP contribution in [0.3, 0.4) is 0 Å². The van der Waals surface area contributed by atoms with Crippen LogP contribution in [0.25, 0.3) is 0 Å². The fourth-order valence-corrected chi connectivity index (χ4v) is 2.78. The van der Waals surface area contributed by atoms with Gasteiger partial charge in [-0.25, -0.2) is 0 Å². The van der Waals surface area contributed by atoms with E-state index < -0.39 is 0 Å². The summed E-state index contributed by atoms with van der Waals surface area (Å²) in [6.45, 7) is 2.03. The highest BCUT2D eigenvalue weighted by Crippen LogP contribution is 2.23. The number of rotatable bonds is 4. The number of hydrogen-bond donors (Lipinski definition) is 2. The topological polar surface area (TPSA) is 24.1 Å². The Morgan fingerprint density at radius 1 is 0.947 bits per heavy atom. The first-order valence-electron chi connectivity index (χ1n) is 6.99. The molecule has 1 saturated heterocycles. The molecule has 2 N–H and O–H groups in total. The second-order valence-electron chi connectivity index (χ2n) is 5.10. The lowest BCUT2D eigenvalue weighted by molar-refractivity contribution is 0.461. The van der Waals surface area contributed by atoms with Crippen LogP contribution in [0.5, 0.6) is 0 Å². The molecule has 98 valence electrons. The molecule has 0 saturated carbocycles. The van der Waals surface area contributed by atoms with Crippen LogP contribution in [0.1, 0.15) is 23.6 Å². The summed E-state index contributed by atoms with van der Waals surface area (Å²) in [6.07, 6.45) is 1.19. The SMILES string of the molecule is c1ccc(CN[C@@H]2CCN[C@@H]2c2ccccc2)cc1. The van der Waals surface area contributed by atoms with Gasteiger partial charge in [0.15, 0.2) is 0 Å². The van der Waals surface area contributed by atoms with Gasteiger partial charge < -0.3 is 10.6 Å². The van der Waals surface area contributed by atoms with Crippen LogP contribution in [0.2, 0.25) is 0 Å². The van der Waals surface area contributed by atoms with Crippen molar-refractivity contribution in [3.63, 3.8) is 0 Å². The molecule has 0 spiro atoms. The van der Waals surface area contributed by atoms with Crippen molar-refractivity contribution in [3.8, 4) is 0 Å². The van der Waals surface area contributed by atoms with Crippen molar-refractivity contribution >= 4 is 0 Å². The Bertz CT molecular complexity index is 495. The summed E-state index contributed by atoms with van der Waals surface area (Å²) < 4.78 is 0. The molecule has 1 aliphatic rings. The summed E-state index contributed by atoms with van der Waals surface area (Å²) in [7, 11) is 0. The van der Waals surface area contributed by atoms with Crippen LogP contribution < -0.4 is 10.6 Å². The smallest absolute Gasteiger partial charge is 0.0476 e. The van der Waals surface area contributed by atoms with Crippen LogP contribution in [0.15, 0.2) is 60.7 Å². The minimum atomic E-state index is 0.435. The molecule has 0 aromatic heterocycles. The summed E-state index contributed by atoms with van der Waals surface area (Å²) in [5.41, 5.74) is 2.73. The van der Waals surface area contributed by atoms with Gasteiger partial charge in [-0.2, -0.15) is 0 Å². The first-order chi connectivity index (χ1) is 9.43. The first-order valence-corrected chi connectivity index (χ1v) is 6.99. The van der Waals surface area contributed by atoms with E-state index in [1.165, 1.54) is 17.5 Å². The highest BCUT2D eigenvalue weighted by molar-refractivity contribution is 5.22. The molecule has 19 heavy (non-hydrogen) atoms. The first kappa shape index (κ1) is 12.4. The standard InChI is InChI=1S/C17H20N2/c1-3-7-14(8-4-1)13-19-16-11-12-18-17(16)15-9-5-2-6-10-15/h1-10,16-19H,11-13H2/t16-,17-/m1/s1. The van der Waals surface area contributed by atoms with Crippen LogP contribution in [-0.4, -0.2) is 12.6 Å². The van der Waals surface area contributed by atoms with Gasteiger partial charge in [0.05, 0.1) is 0 Å². The molecular formula is C17H20N2. The van der Waals surface area contributed by atoms with Gasteiger partial charge in [0.2, 0.25) is 0 Å². The van der Waals surface area contributed by atoms with E-state index >= 15 is 0 Å². The quantitative estimate of drug-likeness (QED) is 0.874. The van der Waals surface area contributed by atoms with Crippen LogP contribution in [0, 0.1) is 0 Å². The molecule has 0 bridgehead atoms. The molecule has 0 amide bonds. The average molecular weight is 252 g/mol. The maximum Gasteiger partial charge on any atom is 0.0476 e. The van der Waals surface area contributed by atoms with Crippen molar-refractivity contribution in [2.24, 2.45) is 0 Å². The predicted octanol–water partition coefficient (Wildman–Crippen LogP) is 2.88. The molecule has 0 unspecified atom stereocenters. The monoisotopic (exact) mass is 252 g/mol. The molecule has 2 aromatic carbocycles. The molecule has 3 rings (SSSR count). The van der Waals surface area contributed by atoms with E-state index in [1.54, 1.807) is 0 Å². The second kappa shape index (κ2) is 6.00. The largest absolute Gasteiger partial charge is 0.309 e. The predicted molar refractivity (Wildman–Crippen MR) is 78.9 cm³/mol. The summed E-state index contributed by atoms with van der Waals surface area (Å²) in [5, 5.41) is 7.28. The Kier molecular flexibility index (Phi) is 3.92. The average Bonchev–Trinajstić information content (AvgIpc) is 2.95. The van der Waals surface area contributed by atoms with Crippen molar-refractivity contribution < 1.29 is 0 Å². The molecule has 2 aromatic rings. The van der Waals surface area contributed by atoms with Crippen LogP contribution >= 0.6 is 0 Å². The van der Waals surface area contributed by atoms with E-state index in [4.69, 9.17) is 0 Å². The highest BCUT2D eigenvalue weighted by atomic mass is 15.1. The molecule has 0 aliphatic carbocycles. The van der Waals surface area contributed by atoms with Gasteiger partial charge in [-0.1, -0.05) is 60.7 Å². The van der Waals surface area contributed by atoms with Crippen molar-refractivity contribution in [3.05, 3.63) is 71.8 Å². The van der Waals surface area contributed by atoms with Gasteiger partial charge in [-0.3, -0.25) is 0 Å². The fraction of sp³-hybridized carbons (Fsp3) is 0.294. The number of hydrogen-bond acceptors (Lipinski definition) is 2. The van der Waals surface area contributed by atoms with E-state index in [1.807, 2.05) is 0 Å². The van der Waals surface area contributed by atoms with Crippen LogP contribution in [-0.2, 0) is 6.54 Å². The number of nitrogens with one attached hydrogen (secondary N) is 2. The van der Waals surface area contributed by atoms with E-state index in [0.29, 0.717) is 12.1 Å². The van der Waals surface area contributed by atoms with Crippen molar-refractivity contribution in [2.45, 2.75) is 25.0 Å². The Labute approximate surface area is 114 Å². The third-order valence-corrected chi connectivity index (χ3v) is 3.79. The minimum absolute atomic E-state index is 0.435. The van der Waals surface area contributed by atoms with E-state index in [2.05, 4.69) is 71.3 Å². The highest BCUT2D eigenvalue weighted by Gasteiger charge is 2.27. The zero-order chi connectivity index (χ0) is 12.9. The van der Waals surface area contributed by atoms with E-state index in [9.17, 15) is 0 Å². The van der Waals surface area contributed by atoms with Gasteiger partial charge in [0.25, 0.3) is 0 Å². The molecule has 2 heteroatoms. The Balaban J connectivity index is 1.64. The molecular weight excluding hydrogens is 232 g/mol. The Morgan fingerprint density at radius 2 is 1.63 bits per heavy atom. The lowest BCUT2D eigenvalue weighted by Gasteiger charge is -2.21. The zero-order valence-corrected chi connectivity index (χ0v) is 11.0. The number of benzene rings is 2. The van der Waals surface area contributed by atoms with Crippen molar-refractivity contribution in [1.82, 2.24) is 10.6 Å². The molecule has 1 heterocycles. The minimum Gasteiger partial charge on any atom is -0.309 e. The third-order valence-electron chi connectivity index (χ3n) is 3.79. The fourth-order valence-electron chi connectivity index (χ4n) is 2.78. The summed E-state index contributed by atoms with van der Waals surface area (Å²) in [4.78, 5) is 0. The van der Waals surface area contributed by atoms with Crippen LogP contribution in [0.4, 0.5) is 0 Å². The molecule has 2 nitrogen and oxygen atoms in total. The second-order valence-corrected chi connectivity index (χ2v) is 5.10. The van der Waals surface area contributed by atoms with Gasteiger partial charge in [-0.15, -0.1) is 0 Å². The maximum atomic E-state index is 3.68. The van der Waals surface area contributed by atoms with Gasteiger partial charge >= 0.3 is 0 Å². The normalized spacial score (nSPS) is 22.5. The van der Waals surface area contributed by atoms with Crippen molar-refractivity contribution in [1.29, 1.82) is 0 Å². The Morgan fingerprint density at radius 3 is 2.37 bits per heavy atom. The maximum absolute atomic E-state index is 3.68. The molecule has 1 fully saturated rings. The lowest BCUT2D eigenvalue weighted by Crippen LogP contribution is -2.33. The van der Waals surface area contributed by atoms with E-state index in [0.717, 1.165) is 13.1 Å². The molecule has 1 aliphatic heterocycles. The summed E-state index contributed by atoms with van der Waals surface area (Å²) in [6, 6.07) is 22.3. The van der Waals surface area contributed by atoms with Gasteiger partial charge in [0, 0.05) is 18.6 Å². The van der Waals surface area contributed by atoms with Crippen molar-refractivity contribution in [2.75, 3.05) is 6.54 Å².